The van der Waals surface area contributed by atoms with Gasteiger partial charge >= 0.3 is 11.9 Å². The number of carboxylic acids is 2. The van der Waals surface area contributed by atoms with E-state index in [9.17, 15) is 106 Å². The van der Waals surface area contributed by atoms with Gasteiger partial charge in [-0.15, -0.1) is 0 Å². The number of thioether (sulfide) groups is 1. The van der Waals surface area contributed by atoms with Crippen molar-refractivity contribution in [2.45, 2.75) is 273 Å². The van der Waals surface area contributed by atoms with Crippen molar-refractivity contribution in [2.24, 2.45) is 63.4 Å². The van der Waals surface area contributed by atoms with Crippen LogP contribution in [0.15, 0.2) is 0 Å². The first-order valence-corrected chi connectivity index (χ1v) is 47.2. The molecule has 0 fully saturated rings. The molecule has 0 radical (unpaired) electrons. The third-order valence-electron chi connectivity index (χ3n) is 20.5. The van der Waals surface area contributed by atoms with Crippen molar-refractivity contribution in [3.05, 3.63) is 0 Å². The Morgan fingerprint density at radius 1 is 0.333 bits per heavy atom. The molecule has 17 amide bonds. The predicted octanol–water partition coefficient (Wildman–Crippen LogP) is -12.2. The summed E-state index contributed by atoms with van der Waals surface area (Å²) < 4.78 is 0. The van der Waals surface area contributed by atoms with E-state index >= 15 is 0 Å². The van der Waals surface area contributed by atoms with Crippen molar-refractivity contribution in [3.63, 3.8) is 0 Å². The minimum absolute atomic E-state index is 0.00225. The number of thiol groups is 2. The van der Waals surface area contributed by atoms with Gasteiger partial charge in [-0.05, 0) is 147 Å². The Bertz CT molecular complexity index is 4110. The van der Waals surface area contributed by atoms with Crippen LogP contribution in [-0.4, -0.2) is 323 Å². The molecule has 0 unspecified atom stereocenters. The summed E-state index contributed by atoms with van der Waals surface area (Å²) in [4.78, 5) is 263. The van der Waals surface area contributed by atoms with Crippen LogP contribution in [0.3, 0.4) is 0 Å². The number of rotatable bonds is 72. The predicted molar refractivity (Wildman–Crippen MR) is 515 cm³/mol. The van der Waals surface area contributed by atoms with E-state index in [1.54, 1.807) is 27.0 Å². The van der Waals surface area contributed by atoms with Gasteiger partial charge in [-0.1, -0.05) is 34.1 Å². The highest BCUT2D eigenvalue weighted by Crippen LogP contribution is 2.16. The molecule has 0 spiro atoms. The average molecular weight is 2020 g/mol. The van der Waals surface area contributed by atoms with Gasteiger partial charge in [-0.3, -0.25) is 113 Å². The standard InChI is InChI=1S/C79H146N34O22S3/c1-8-38(4)57(72(132)105-45(20-14-29-97-78(90)91)63(123)107-49(32-37(2)3)68(128)111-52(35-136)70(130)104-43(18-12-27-95-76(86)87)61(121)101-44(19-13-28-96-77(88)89)64(124)109-51(74(134)135)34-56(117)118)112-67(127)46(21-15-30-98-79(92)93)103-69(129)50(33-55(83)116)108-62(122)41(16-9-10-25-80)100-60(120)42(17-11-26-94-75(84)85)102-65(125)47(22-23-54(82)115)106-73(133)58(40(6)114)113-71(131)53(36-137)110-66(126)48(24-31-138-7)99-59(119)39(5)81/h37-53,57-58,114,136-137H,8-36,80-81H2,1-7H3,(H2,82,115)(H2,83,116)(H,99,119)(H,100,120)(H,101,121)(H,102,125)(H,103,129)(H,104,130)(H,105,132)(H,106,133)(H,107,123)(H,108,122)(H,109,124)(H,110,126)(H,111,128)(H,112,127)(H,113,131)(H,117,118)(H,134,135)(H4,84,85,94)(H4,86,87,95)(H4,88,89,96)(H4,90,91,97)(H4,92,93,98)/t38-,39-,40+,41-,42-,43-,44-,45-,46-,47-,48-,49-,50-,51-,52-,53-,57-,58-/m0/s1. The van der Waals surface area contributed by atoms with Crippen LogP contribution in [0.1, 0.15) is 170 Å². The summed E-state index contributed by atoms with van der Waals surface area (Å²) in [5.41, 5.74) is 50.2. The Hall–Kier alpha value is -12.8. The van der Waals surface area contributed by atoms with E-state index in [2.05, 4.69) is 132 Å². The molecule has 18 atom stereocenters. The van der Waals surface area contributed by atoms with Gasteiger partial charge in [0.2, 0.25) is 100 Å². The average Bonchev–Trinajstić information content (AvgIpc) is 0.846. The quantitative estimate of drug-likeness (QED) is 0.0116. The van der Waals surface area contributed by atoms with Crippen molar-refractivity contribution in [1.29, 1.82) is 27.0 Å². The summed E-state index contributed by atoms with van der Waals surface area (Å²) in [6, 6.07) is -26.1. The maximum absolute atomic E-state index is 15.0. The van der Waals surface area contributed by atoms with Gasteiger partial charge in [0, 0.05) is 50.7 Å². The summed E-state index contributed by atoms with van der Waals surface area (Å²) in [7, 11) is 0. The highest BCUT2D eigenvalue weighted by atomic mass is 32.2. The minimum atomic E-state index is -1.99. The van der Waals surface area contributed by atoms with Gasteiger partial charge in [0.15, 0.2) is 29.8 Å². The van der Waals surface area contributed by atoms with Crippen molar-refractivity contribution in [1.82, 2.24) is 106 Å². The molecular formula is C79H146N34O22S3. The number of aliphatic hydroxyl groups is 1. The number of amides is 17. The SMILES string of the molecule is CC[C@H](C)[C@H](NC(=O)[C@H](CCCNC(=N)N)NC(=O)[C@H](CC(N)=O)NC(=O)[C@H](CCCCN)NC(=O)[C@H](CCCNC(=N)N)NC(=O)[C@H](CCC(N)=O)NC(=O)[C@@H](NC(=O)[C@H](CS)NC(=O)[C@H](CCSC)NC(=O)[C@H](C)N)[C@@H](C)O)C(=O)N[C@@H](CCCNC(=N)N)C(=O)N[C@@H](CC(C)C)C(=O)N[C@@H](CS)C(=O)N[C@@H](CCCNC(=N)N)C(=O)N[C@@H](CCCNC(=N)N)C(=O)N[C@@H](CC(=O)O)C(=O)O. The normalized spacial score (nSPS) is 14.9. The van der Waals surface area contributed by atoms with Crippen LogP contribution < -0.4 is 158 Å². The number of nitrogens with two attached hydrogens (primary N) is 9. The molecule has 0 saturated carbocycles. The fraction of sp³-hybridized carbons (Fsp3) is 0.696. The molecule has 46 N–H and O–H groups in total. The molecule has 0 heterocycles. The van der Waals surface area contributed by atoms with Crippen LogP contribution in [0, 0.1) is 38.9 Å². The lowest BCUT2D eigenvalue weighted by Gasteiger charge is -2.30. The third-order valence-corrected chi connectivity index (χ3v) is 21.9. The molecule has 0 saturated heterocycles. The molecule has 0 rings (SSSR count). The molecule has 0 aromatic carbocycles. The number of carbonyl (C=O) groups excluding carboxylic acids is 17. The largest absolute Gasteiger partial charge is 0.481 e. The number of carbonyl (C=O) groups is 19. The van der Waals surface area contributed by atoms with E-state index in [1.807, 2.05) is 0 Å². The van der Waals surface area contributed by atoms with Crippen molar-refractivity contribution in [2.75, 3.05) is 62.8 Å². The highest BCUT2D eigenvalue weighted by molar-refractivity contribution is 7.98. The van der Waals surface area contributed by atoms with E-state index in [4.69, 9.17) is 78.6 Å². The summed E-state index contributed by atoms with van der Waals surface area (Å²) in [6.07, 6.45) is -4.74. The van der Waals surface area contributed by atoms with Crippen molar-refractivity contribution < 1.29 is 106 Å². The van der Waals surface area contributed by atoms with Crippen LogP contribution in [0.2, 0.25) is 0 Å². The maximum Gasteiger partial charge on any atom is 0.326 e. The van der Waals surface area contributed by atoms with Crippen LogP contribution in [0.4, 0.5) is 0 Å². The second-order valence-corrected chi connectivity index (χ2v) is 34.5. The summed E-state index contributed by atoms with van der Waals surface area (Å²) in [6.45, 7) is 8.71. The number of carboxylic acid groups (broad SMARTS) is 2. The lowest BCUT2D eigenvalue weighted by molar-refractivity contribution is -0.147. The molecule has 0 bridgehead atoms. The molecule has 138 heavy (non-hydrogen) atoms. The fourth-order valence-electron chi connectivity index (χ4n) is 12.9. The number of unbranched alkanes of at least 4 members (excludes halogenated alkanes) is 1. The molecule has 0 aliphatic rings. The van der Waals surface area contributed by atoms with Crippen molar-refractivity contribution >= 4 is 179 Å². The smallest absolute Gasteiger partial charge is 0.326 e. The summed E-state index contributed by atoms with van der Waals surface area (Å²) >= 11 is 9.84. The second-order valence-electron chi connectivity index (χ2n) is 32.8. The summed E-state index contributed by atoms with van der Waals surface area (Å²) in [5, 5.41) is 118. The van der Waals surface area contributed by atoms with Gasteiger partial charge < -0.3 is 173 Å². The Kier molecular flexibility index (Phi) is 61.9. The molecule has 782 valence electrons. The van der Waals surface area contributed by atoms with Gasteiger partial charge in [-0.25, -0.2) is 4.79 Å². The maximum atomic E-state index is 15.0. The van der Waals surface area contributed by atoms with E-state index in [0.717, 1.165) is 6.92 Å². The van der Waals surface area contributed by atoms with E-state index in [0.29, 0.717) is 5.75 Å². The molecule has 0 aliphatic heterocycles. The highest BCUT2D eigenvalue weighted by Gasteiger charge is 2.41. The summed E-state index contributed by atoms with van der Waals surface area (Å²) in [5.74, 6) is -25.5. The lowest BCUT2D eigenvalue weighted by Crippen LogP contribution is -2.62. The molecule has 59 heteroatoms. The molecule has 56 nitrogen and oxygen atoms in total. The number of primary amides is 2. The zero-order valence-corrected chi connectivity index (χ0v) is 81.2. The number of aliphatic carboxylic acids is 2. The third kappa shape index (κ3) is 53.1. The topological polar surface area (TPSA) is 979 Å². The monoisotopic (exact) mass is 2020 g/mol. The first-order valence-electron chi connectivity index (χ1n) is 44.6. The van der Waals surface area contributed by atoms with Crippen molar-refractivity contribution in [3.8, 4) is 0 Å². The Morgan fingerprint density at radius 3 is 0.913 bits per heavy atom. The molecule has 0 aromatic heterocycles. The van der Waals surface area contributed by atoms with Gasteiger partial charge in [-0.2, -0.15) is 37.0 Å². The number of hydrogen-bond donors (Lipinski definition) is 39. The van der Waals surface area contributed by atoms with Gasteiger partial charge in [0.1, 0.15) is 90.6 Å². The van der Waals surface area contributed by atoms with E-state index in [1.165, 1.54) is 25.6 Å². The van der Waals surface area contributed by atoms with Crippen LogP contribution in [-0.2, 0) is 91.1 Å². The Balaban J connectivity index is 7.77. The lowest BCUT2D eigenvalue weighted by atomic mass is 9.96. The van der Waals surface area contributed by atoms with Gasteiger partial charge in [0.05, 0.1) is 25.0 Å². The number of guanidine groups is 5. The molecule has 0 aliphatic carbocycles. The number of nitrogens with one attached hydrogen (secondary N) is 25. The zero-order chi connectivity index (χ0) is 105. The Labute approximate surface area is 814 Å². The zero-order valence-electron chi connectivity index (χ0n) is 78.6. The van der Waals surface area contributed by atoms with Gasteiger partial charge in [0.25, 0.3) is 0 Å². The first kappa shape index (κ1) is 125. The number of aliphatic hydroxyl groups excluding tert-OH is 1. The fourth-order valence-corrected chi connectivity index (χ4v) is 13.8. The Morgan fingerprint density at radius 2 is 0.609 bits per heavy atom. The second kappa shape index (κ2) is 68.3. The van der Waals surface area contributed by atoms with Crippen LogP contribution >= 0.6 is 37.0 Å². The van der Waals surface area contributed by atoms with Crippen LogP contribution in [0.5, 0.6) is 0 Å². The van der Waals surface area contributed by atoms with E-state index < -0.39 is 288 Å². The van der Waals surface area contributed by atoms with E-state index in [-0.39, 0.29) is 148 Å². The number of hydrogen-bond acceptors (Lipinski definition) is 30. The molecule has 0 aromatic rings. The van der Waals surface area contributed by atoms with Crippen LogP contribution in [0.25, 0.3) is 0 Å². The first-order chi connectivity index (χ1) is 64.8. The molecular weight excluding hydrogens is 1870 g/mol. The minimum Gasteiger partial charge on any atom is -0.481 e.